The van der Waals surface area contributed by atoms with Crippen molar-refractivity contribution in [2.24, 2.45) is 10.9 Å². The molecule has 1 aliphatic rings. The molecule has 108 valence electrons. The third kappa shape index (κ3) is 4.08. The average molecular weight is 266 g/mol. The van der Waals surface area contributed by atoms with Crippen molar-refractivity contribution in [3.05, 3.63) is 12.3 Å². The highest BCUT2D eigenvalue weighted by Crippen LogP contribution is 2.38. The van der Waals surface area contributed by atoms with Gasteiger partial charge in [0.2, 0.25) is 0 Å². The quantitative estimate of drug-likeness (QED) is 0.457. The highest BCUT2D eigenvalue weighted by atomic mass is 16.5. The number of aliphatic imine (C=N–C) groups is 1. The van der Waals surface area contributed by atoms with Gasteiger partial charge in [0.15, 0.2) is 0 Å². The molecule has 4 heteroatoms. The highest BCUT2D eigenvalue weighted by Gasteiger charge is 2.38. The first kappa shape index (κ1) is 15.7. The van der Waals surface area contributed by atoms with Gasteiger partial charge in [0.05, 0.1) is 5.54 Å². The Morgan fingerprint density at radius 1 is 1.47 bits per heavy atom. The van der Waals surface area contributed by atoms with Gasteiger partial charge in [-0.3, -0.25) is 4.99 Å². The lowest BCUT2D eigenvalue weighted by atomic mass is 9.74. The van der Waals surface area contributed by atoms with Gasteiger partial charge in [-0.15, -0.1) is 0 Å². The number of likely N-dealkylation sites (N-methyl/N-ethyl adjacent to an activating group) is 1. The number of carbonyl (C=O) groups is 1. The maximum absolute atomic E-state index is 11.9. The van der Waals surface area contributed by atoms with E-state index in [1.165, 1.54) is 0 Å². The predicted octanol–water partition coefficient (Wildman–Crippen LogP) is 2.69. The Kier molecular flexibility index (Phi) is 5.58. The molecule has 0 bridgehead atoms. The molecule has 0 saturated heterocycles. The molecule has 1 fully saturated rings. The lowest BCUT2D eigenvalue weighted by Crippen LogP contribution is -2.41. The van der Waals surface area contributed by atoms with Gasteiger partial charge in [0, 0.05) is 13.0 Å². The van der Waals surface area contributed by atoms with E-state index in [9.17, 15) is 4.79 Å². The summed E-state index contributed by atoms with van der Waals surface area (Å²) in [6.07, 6.45) is 3.53. The minimum atomic E-state index is -0.352. The second-order valence-corrected chi connectivity index (χ2v) is 5.52. The second kappa shape index (κ2) is 6.73. The van der Waals surface area contributed by atoms with Crippen molar-refractivity contribution < 1.29 is 9.53 Å². The van der Waals surface area contributed by atoms with E-state index in [0.29, 0.717) is 18.2 Å². The Hall–Kier alpha value is -1.32. The van der Waals surface area contributed by atoms with Crippen LogP contribution in [0.4, 0.5) is 0 Å². The minimum Gasteiger partial charge on any atom is -0.458 e. The lowest BCUT2D eigenvalue weighted by molar-refractivity contribution is -0.148. The van der Waals surface area contributed by atoms with Crippen molar-refractivity contribution in [1.29, 1.82) is 0 Å². The number of nitrogens with one attached hydrogen (secondary N) is 1. The molecule has 0 aromatic rings. The van der Waals surface area contributed by atoms with Crippen LogP contribution in [0.2, 0.25) is 0 Å². The Morgan fingerprint density at radius 3 is 2.68 bits per heavy atom. The molecule has 1 N–H and O–H groups in total. The number of ether oxygens (including phenoxy) is 1. The van der Waals surface area contributed by atoms with Gasteiger partial charge in [0.1, 0.15) is 11.8 Å². The second-order valence-electron chi connectivity index (χ2n) is 5.52. The third-order valence-corrected chi connectivity index (χ3v) is 3.91. The maximum Gasteiger partial charge on any atom is 0.354 e. The number of hydrogen-bond donors (Lipinski definition) is 1. The number of nitrogens with zero attached hydrogens (tertiary/aromatic N) is 1. The summed E-state index contributed by atoms with van der Waals surface area (Å²) in [7, 11) is 0. The monoisotopic (exact) mass is 266 g/mol. The van der Waals surface area contributed by atoms with E-state index in [2.05, 4.69) is 37.5 Å². The van der Waals surface area contributed by atoms with E-state index in [1.54, 1.807) is 0 Å². The standard InChI is InChI=1S/C15H26N2O2/c1-6-15(16-5)9-11(3)8-13(10-15)19-14(18)12(4)17-7-2/h11,13,17H,4-10H2,1-3H3. The van der Waals surface area contributed by atoms with Crippen molar-refractivity contribution in [3.8, 4) is 0 Å². The van der Waals surface area contributed by atoms with Gasteiger partial charge in [-0.2, -0.15) is 0 Å². The molecule has 0 radical (unpaired) electrons. The Bertz CT molecular complexity index is 354. The van der Waals surface area contributed by atoms with E-state index in [0.717, 1.165) is 25.7 Å². The molecule has 0 spiro atoms. The Morgan fingerprint density at radius 2 is 2.16 bits per heavy atom. The molecule has 1 aliphatic carbocycles. The molecule has 3 unspecified atom stereocenters. The van der Waals surface area contributed by atoms with Crippen LogP contribution in [0, 0.1) is 5.92 Å². The van der Waals surface area contributed by atoms with Crippen LogP contribution in [0.5, 0.6) is 0 Å². The minimum absolute atomic E-state index is 0.0860. The molecule has 0 aromatic heterocycles. The Labute approximate surface area is 116 Å². The SMILES string of the molecule is C=NC1(CC)CC(C)CC(OC(=O)C(=C)NCC)C1. The van der Waals surface area contributed by atoms with E-state index < -0.39 is 0 Å². The van der Waals surface area contributed by atoms with E-state index in [4.69, 9.17) is 4.74 Å². The maximum atomic E-state index is 11.9. The number of esters is 1. The molecule has 1 rings (SSSR count). The average Bonchev–Trinajstić information content (AvgIpc) is 2.38. The summed E-state index contributed by atoms with van der Waals surface area (Å²) < 4.78 is 5.55. The number of rotatable bonds is 6. The first-order valence-electron chi connectivity index (χ1n) is 7.08. The van der Waals surface area contributed by atoms with Gasteiger partial charge in [-0.25, -0.2) is 4.79 Å². The summed E-state index contributed by atoms with van der Waals surface area (Å²) in [5.74, 6) is 0.138. The molecule has 0 amide bonds. The van der Waals surface area contributed by atoms with E-state index >= 15 is 0 Å². The molecule has 4 nitrogen and oxygen atoms in total. The van der Waals surface area contributed by atoms with Gasteiger partial charge < -0.3 is 10.1 Å². The first-order valence-corrected chi connectivity index (χ1v) is 7.08. The molecule has 19 heavy (non-hydrogen) atoms. The normalized spacial score (nSPS) is 30.5. The first-order chi connectivity index (χ1) is 8.96. The Balaban J connectivity index is 2.65. The van der Waals surface area contributed by atoms with Gasteiger partial charge >= 0.3 is 5.97 Å². The van der Waals surface area contributed by atoms with Crippen LogP contribution in [0.15, 0.2) is 17.3 Å². The zero-order chi connectivity index (χ0) is 14.5. The zero-order valence-electron chi connectivity index (χ0n) is 12.4. The molecule has 3 atom stereocenters. The largest absolute Gasteiger partial charge is 0.458 e. The molecule has 0 aliphatic heterocycles. The van der Waals surface area contributed by atoms with E-state index in [-0.39, 0.29) is 17.6 Å². The predicted molar refractivity (Wildman–Crippen MR) is 78.3 cm³/mol. The van der Waals surface area contributed by atoms with Crippen LogP contribution < -0.4 is 5.32 Å². The molecule has 1 saturated carbocycles. The third-order valence-electron chi connectivity index (χ3n) is 3.91. The molecular formula is C15H26N2O2. The van der Waals surface area contributed by atoms with Gasteiger partial charge in [-0.05, 0) is 38.8 Å². The van der Waals surface area contributed by atoms with Crippen molar-refractivity contribution in [1.82, 2.24) is 5.32 Å². The summed E-state index contributed by atoms with van der Waals surface area (Å²) >= 11 is 0. The lowest BCUT2D eigenvalue weighted by Gasteiger charge is -2.40. The summed E-state index contributed by atoms with van der Waals surface area (Å²) in [5, 5.41) is 2.89. The fraction of sp³-hybridized carbons (Fsp3) is 0.733. The van der Waals surface area contributed by atoms with Crippen LogP contribution >= 0.6 is 0 Å². The van der Waals surface area contributed by atoms with Crippen LogP contribution in [-0.2, 0) is 9.53 Å². The fourth-order valence-corrected chi connectivity index (χ4v) is 2.90. The summed E-state index contributed by atoms with van der Waals surface area (Å²) in [5.41, 5.74) is 0.191. The fourth-order valence-electron chi connectivity index (χ4n) is 2.90. The van der Waals surface area contributed by atoms with Gasteiger partial charge in [0.25, 0.3) is 0 Å². The highest BCUT2D eigenvalue weighted by molar-refractivity contribution is 5.87. The number of carbonyl (C=O) groups excluding carboxylic acids is 1. The zero-order valence-corrected chi connectivity index (χ0v) is 12.4. The molecule has 0 heterocycles. The van der Waals surface area contributed by atoms with Crippen molar-refractivity contribution >= 4 is 12.7 Å². The van der Waals surface area contributed by atoms with E-state index in [1.807, 2.05) is 6.92 Å². The van der Waals surface area contributed by atoms with Crippen LogP contribution in [0.25, 0.3) is 0 Å². The molecule has 0 aromatic carbocycles. The summed E-state index contributed by atoms with van der Waals surface area (Å²) in [4.78, 5) is 16.2. The van der Waals surface area contributed by atoms with Crippen molar-refractivity contribution in [2.75, 3.05) is 6.54 Å². The smallest absolute Gasteiger partial charge is 0.354 e. The van der Waals surface area contributed by atoms with Gasteiger partial charge in [-0.1, -0.05) is 20.4 Å². The summed E-state index contributed by atoms with van der Waals surface area (Å²) in [6.45, 7) is 14.3. The van der Waals surface area contributed by atoms with Crippen molar-refractivity contribution in [2.45, 2.75) is 58.1 Å². The van der Waals surface area contributed by atoms with Crippen LogP contribution in [0.3, 0.4) is 0 Å². The van der Waals surface area contributed by atoms with Crippen LogP contribution in [-0.4, -0.2) is 30.9 Å². The molecular weight excluding hydrogens is 240 g/mol. The van der Waals surface area contributed by atoms with Crippen molar-refractivity contribution in [3.63, 3.8) is 0 Å². The van der Waals surface area contributed by atoms with Crippen LogP contribution in [0.1, 0.15) is 46.5 Å². The topological polar surface area (TPSA) is 50.7 Å². The summed E-state index contributed by atoms with van der Waals surface area (Å²) in [6, 6.07) is 0. The number of hydrogen-bond acceptors (Lipinski definition) is 4.